The zero-order chi connectivity index (χ0) is 44.8. The first kappa shape index (κ1) is 43.6. The van der Waals surface area contributed by atoms with E-state index in [4.69, 9.17) is 20.3 Å². The Hall–Kier alpha value is -8.08. The Balaban J connectivity index is 0.000000177. The van der Waals surface area contributed by atoms with Crippen molar-refractivity contribution in [2.24, 2.45) is 5.73 Å². The summed E-state index contributed by atoms with van der Waals surface area (Å²) in [6.45, 7) is 3.65. The summed E-state index contributed by atoms with van der Waals surface area (Å²) in [6.07, 6.45) is 15.6. The molecule has 23 nitrogen and oxygen atoms in total. The van der Waals surface area contributed by atoms with Crippen molar-refractivity contribution in [3.63, 3.8) is 0 Å². The second kappa shape index (κ2) is 21.3. The number of anilines is 4. The Morgan fingerprint density at radius 3 is 2.38 bits per heavy atom. The molecule has 336 valence electrons. The fourth-order valence-electron chi connectivity index (χ4n) is 6.58. The fraction of sp³-hybridized carbons (Fsp3) is 0.333. The predicted octanol–water partition coefficient (Wildman–Crippen LogP) is 4.35. The van der Waals surface area contributed by atoms with Crippen molar-refractivity contribution < 1.29 is 24.2 Å². The van der Waals surface area contributed by atoms with Gasteiger partial charge in [-0.3, -0.25) is 19.0 Å². The van der Waals surface area contributed by atoms with E-state index in [9.17, 15) is 9.59 Å². The number of hydrogen-bond donors (Lipinski definition) is 5. The van der Waals surface area contributed by atoms with Crippen LogP contribution < -0.4 is 31.2 Å². The van der Waals surface area contributed by atoms with Crippen LogP contribution in [0.4, 0.5) is 23.3 Å². The maximum Gasteiger partial charge on any atom is 0.303 e. The number of carboxylic acids is 1. The highest BCUT2D eigenvalue weighted by Gasteiger charge is 2.14. The van der Waals surface area contributed by atoms with Gasteiger partial charge >= 0.3 is 5.97 Å². The van der Waals surface area contributed by atoms with Crippen molar-refractivity contribution in [1.29, 1.82) is 0 Å². The summed E-state index contributed by atoms with van der Waals surface area (Å²) in [7, 11) is 0. The zero-order valence-corrected chi connectivity index (χ0v) is 35.4. The molecule has 0 unspecified atom stereocenters. The lowest BCUT2D eigenvalue weighted by molar-refractivity contribution is -0.137. The molecule has 1 amide bonds. The third kappa shape index (κ3) is 11.9. The molecule has 6 bridgehead atoms. The number of carbonyl (C=O) groups excluding carboxylic acids is 1. The first-order chi connectivity index (χ1) is 31.9. The van der Waals surface area contributed by atoms with Crippen LogP contribution in [0.3, 0.4) is 0 Å². The highest BCUT2D eigenvalue weighted by molar-refractivity contribution is 5.76. The Morgan fingerprint density at radius 1 is 0.846 bits per heavy atom. The number of nitrogens with zero attached hydrogens (tertiary/aromatic N) is 14. The Morgan fingerprint density at radius 2 is 1.60 bits per heavy atom. The average molecular weight is 885 g/mol. The van der Waals surface area contributed by atoms with Crippen LogP contribution in [0.15, 0.2) is 85.7 Å². The maximum atomic E-state index is 12.0. The molecule has 0 atom stereocenters. The molecule has 0 aliphatic carbocycles. The number of amides is 1. The van der Waals surface area contributed by atoms with Gasteiger partial charge in [-0.05, 0) is 93.6 Å². The first-order valence-electron chi connectivity index (χ1n) is 21.3. The Bertz CT molecular complexity index is 2800. The molecule has 6 aromatic heterocycles. The van der Waals surface area contributed by atoms with Gasteiger partial charge in [0.05, 0.1) is 50.4 Å². The number of hydrogen-bond acceptors (Lipinski definition) is 17. The van der Waals surface area contributed by atoms with Crippen molar-refractivity contribution in [2.45, 2.75) is 64.5 Å². The number of unbranched alkanes of at least 4 members (excludes halogenated alkanes) is 1. The highest BCUT2D eigenvalue weighted by atomic mass is 16.5. The van der Waals surface area contributed by atoms with Crippen LogP contribution in [0.1, 0.15) is 51.4 Å². The summed E-state index contributed by atoms with van der Waals surface area (Å²) in [5.74, 6) is 1.61. The van der Waals surface area contributed by atoms with Crippen LogP contribution >= 0.6 is 0 Å². The van der Waals surface area contributed by atoms with Gasteiger partial charge in [-0.1, -0.05) is 10.4 Å². The molecular weight excluding hydrogens is 837 g/mol. The molecule has 23 heteroatoms. The smallest absolute Gasteiger partial charge is 0.303 e. The van der Waals surface area contributed by atoms with E-state index in [1.54, 1.807) is 34.2 Å². The van der Waals surface area contributed by atoms with E-state index in [0.29, 0.717) is 92.1 Å². The van der Waals surface area contributed by atoms with Crippen LogP contribution in [0.25, 0.3) is 33.7 Å². The van der Waals surface area contributed by atoms with Gasteiger partial charge in [-0.2, -0.15) is 29.5 Å². The molecule has 2 aromatic carbocycles. The minimum Gasteiger partial charge on any atom is -0.494 e. The van der Waals surface area contributed by atoms with E-state index in [2.05, 4.69) is 66.7 Å². The summed E-state index contributed by atoms with van der Waals surface area (Å²) >= 11 is 0. The summed E-state index contributed by atoms with van der Waals surface area (Å²) in [5.41, 5.74) is 11.0. The molecule has 0 saturated carbocycles. The van der Waals surface area contributed by atoms with E-state index < -0.39 is 5.97 Å². The van der Waals surface area contributed by atoms with Crippen LogP contribution in [0, 0.1) is 0 Å². The largest absolute Gasteiger partial charge is 0.494 e. The molecule has 65 heavy (non-hydrogen) atoms. The molecule has 0 spiro atoms. The number of aryl methyl sites for hydroxylation is 2. The number of carbonyl (C=O) groups is 2. The molecule has 0 saturated heterocycles. The van der Waals surface area contributed by atoms with Crippen molar-refractivity contribution in [1.82, 2.24) is 74.8 Å². The number of fused-ring (bicyclic) bond motifs is 12. The quantitative estimate of drug-likeness (QED) is 0.107. The predicted molar refractivity (Wildman–Crippen MR) is 238 cm³/mol. The number of aliphatic carboxylic acids is 1. The number of ether oxygens (including phenoxy) is 2. The number of nitrogens with one attached hydrogen (secondary N) is 3. The standard InChI is InChI=1S/C21H25N9O3.C21H23N9O2/c22-9-3-10-29-14-16(12-24-29)30-20-18(27-28-30)13-23-21(26-20)25-15-5-7-17(8-6-15)33-11-2-1-4-19(31)32;31-19-4-1-2-11-32-17-7-5-15(6-8-17)25-21-23-13-18-20(26-21)30(28-27-18)16-12-24-29(14-16)10-3-9-22-19/h5-8,12-14H,1-4,9-11,22H2,(H,31,32)(H,23,25,26);5-8,12-14H,1-4,9-11H2,(H,22,31)(H,23,25,26). The van der Waals surface area contributed by atoms with Gasteiger partial charge in [0.1, 0.15) is 22.9 Å². The van der Waals surface area contributed by atoms with Gasteiger partial charge in [0.2, 0.25) is 17.8 Å². The normalized spacial score (nSPS) is 13.2. The average Bonchev–Trinajstić information content (AvgIpc) is 4.15. The molecular formula is C42H48N18O5. The number of aromatic nitrogens is 14. The molecule has 0 fully saturated rings. The van der Waals surface area contributed by atoms with Gasteiger partial charge in [0.15, 0.2) is 22.3 Å². The molecule has 0 radical (unpaired) electrons. The molecule has 8 heterocycles. The van der Waals surface area contributed by atoms with Gasteiger partial charge in [-0.15, -0.1) is 10.2 Å². The lowest BCUT2D eigenvalue weighted by Gasteiger charge is -2.09. The van der Waals surface area contributed by atoms with E-state index in [1.165, 1.54) is 0 Å². The molecule has 10 rings (SSSR count). The minimum absolute atomic E-state index is 0.0632. The summed E-state index contributed by atoms with van der Waals surface area (Å²) in [6, 6.07) is 15.0. The second-order valence-electron chi connectivity index (χ2n) is 14.9. The monoisotopic (exact) mass is 884 g/mol. The minimum atomic E-state index is -0.790. The van der Waals surface area contributed by atoms with E-state index >= 15 is 0 Å². The van der Waals surface area contributed by atoms with Crippen LogP contribution in [-0.4, -0.2) is 113 Å². The lowest BCUT2D eigenvalue weighted by Crippen LogP contribution is -2.25. The Kier molecular flexibility index (Phi) is 14.3. The highest BCUT2D eigenvalue weighted by Crippen LogP contribution is 2.23. The number of carboxylic acid groups (broad SMARTS) is 1. The van der Waals surface area contributed by atoms with Crippen molar-refractivity contribution >= 4 is 57.5 Å². The summed E-state index contributed by atoms with van der Waals surface area (Å²) in [5, 5.41) is 43.4. The first-order valence-corrected chi connectivity index (χ1v) is 21.3. The number of rotatable bonds is 12. The third-order valence-electron chi connectivity index (χ3n) is 9.93. The molecule has 6 N–H and O–H groups in total. The fourth-order valence-corrected chi connectivity index (χ4v) is 6.58. The van der Waals surface area contributed by atoms with Gasteiger partial charge in [-0.25, -0.2) is 9.97 Å². The van der Waals surface area contributed by atoms with E-state index in [0.717, 1.165) is 60.7 Å². The third-order valence-corrected chi connectivity index (χ3v) is 9.93. The van der Waals surface area contributed by atoms with Gasteiger partial charge < -0.3 is 36.3 Å². The maximum absolute atomic E-state index is 12.0. The number of benzene rings is 2. The topological polar surface area (TPSA) is 284 Å². The van der Waals surface area contributed by atoms with Crippen molar-refractivity contribution in [3.8, 4) is 22.9 Å². The summed E-state index contributed by atoms with van der Waals surface area (Å²) < 4.78 is 18.3. The zero-order valence-electron chi connectivity index (χ0n) is 35.4. The van der Waals surface area contributed by atoms with Crippen molar-refractivity contribution in [3.05, 3.63) is 85.7 Å². The molecule has 2 aliphatic heterocycles. The van der Waals surface area contributed by atoms with E-state index in [-0.39, 0.29) is 12.3 Å². The summed E-state index contributed by atoms with van der Waals surface area (Å²) in [4.78, 5) is 40.3. The number of nitrogens with two attached hydrogens (primary N) is 1. The van der Waals surface area contributed by atoms with Gasteiger partial charge in [0.25, 0.3) is 0 Å². The second-order valence-corrected chi connectivity index (χ2v) is 14.9. The van der Waals surface area contributed by atoms with Crippen LogP contribution in [-0.2, 0) is 22.7 Å². The SMILES string of the molecule is NCCCn1cc(-n2nnc3cnc(Nc4ccc(OCCCCC(=O)O)cc4)nc32)cn1.O=C1CCCCOc2ccc(cc2)Nc2ncc3nnn(c3n2)-c2cnn(c2)CCCN1. The van der Waals surface area contributed by atoms with Crippen LogP contribution in [0.2, 0.25) is 0 Å². The van der Waals surface area contributed by atoms with Crippen molar-refractivity contribution in [2.75, 3.05) is 36.9 Å². The van der Waals surface area contributed by atoms with E-state index in [1.807, 2.05) is 70.3 Å². The molecule has 2 aliphatic rings. The van der Waals surface area contributed by atoms with Gasteiger partial charge in [0, 0.05) is 43.9 Å². The Labute approximate surface area is 371 Å². The van der Waals surface area contributed by atoms with Crippen LogP contribution in [0.5, 0.6) is 11.5 Å². The lowest BCUT2D eigenvalue weighted by atomic mass is 10.2. The molecule has 8 aromatic rings.